The summed E-state index contributed by atoms with van der Waals surface area (Å²) in [7, 11) is 0. The predicted octanol–water partition coefficient (Wildman–Crippen LogP) is 2.82. The van der Waals surface area contributed by atoms with Gasteiger partial charge in [-0.2, -0.15) is 0 Å². The minimum absolute atomic E-state index is 0.187. The summed E-state index contributed by atoms with van der Waals surface area (Å²) in [6.45, 7) is 8.24. The zero-order chi connectivity index (χ0) is 19.7. The molecule has 0 bridgehead atoms. The van der Waals surface area contributed by atoms with Crippen LogP contribution in [0.25, 0.3) is 0 Å². The molecular formula is C22H38N4O2. The summed E-state index contributed by atoms with van der Waals surface area (Å²) in [5.41, 5.74) is 0. The van der Waals surface area contributed by atoms with Crippen molar-refractivity contribution in [3.8, 4) is 0 Å². The second-order valence-electron chi connectivity index (χ2n) is 9.79. The smallest absolute Gasteiger partial charge is 0.318 e. The molecule has 4 rings (SSSR count). The van der Waals surface area contributed by atoms with E-state index in [1.807, 2.05) is 0 Å². The van der Waals surface area contributed by atoms with Gasteiger partial charge in [0, 0.05) is 44.7 Å². The van der Waals surface area contributed by atoms with Crippen LogP contribution in [0.15, 0.2) is 0 Å². The first kappa shape index (κ1) is 20.0. The number of piperidine rings is 2. The van der Waals surface area contributed by atoms with E-state index in [1.54, 1.807) is 0 Å². The van der Waals surface area contributed by atoms with Crippen LogP contribution in [0.4, 0.5) is 4.79 Å². The number of urea groups is 1. The van der Waals surface area contributed by atoms with Gasteiger partial charge >= 0.3 is 6.03 Å². The van der Waals surface area contributed by atoms with E-state index < -0.39 is 0 Å². The fraction of sp³-hybridized carbons (Fsp3) is 0.909. The second kappa shape index (κ2) is 8.60. The summed E-state index contributed by atoms with van der Waals surface area (Å²) in [5.74, 6) is 0.769. The zero-order valence-electron chi connectivity index (χ0n) is 17.7. The van der Waals surface area contributed by atoms with Crippen molar-refractivity contribution in [3.05, 3.63) is 0 Å². The summed E-state index contributed by atoms with van der Waals surface area (Å²) in [4.78, 5) is 31.8. The van der Waals surface area contributed by atoms with E-state index in [0.29, 0.717) is 42.4 Å². The quantitative estimate of drug-likeness (QED) is 0.803. The average Bonchev–Trinajstić information content (AvgIpc) is 3.03. The van der Waals surface area contributed by atoms with Crippen LogP contribution in [0.2, 0.25) is 0 Å². The molecule has 0 aromatic heterocycles. The van der Waals surface area contributed by atoms with Crippen LogP contribution in [0, 0.1) is 5.92 Å². The summed E-state index contributed by atoms with van der Waals surface area (Å²) in [6, 6.07) is 2.04. The van der Waals surface area contributed by atoms with E-state index in [9.17, 15) is 9.59 Å². The highest BCUT2D eigenvalue weighted by molar-refractivity contribution is 5.78. The lowest BCUT2D eigenvalue weighted by atomic mass is 9.89. The molecule has 158 valence electrons. The molecule has 3 aliphatic heterocycles. The minimum Gasteiger partial charge on any atom is -0.343 e. The topological polar surface area (TPSA) is 55.9 Å². The van der Waals surface area contributed by atoms with E-state index >= 15 is 0 Å². The molecule has 28 heavy (non-hydrogen) atoms. The molecular weight excluding hydrogens is 352 g/mol. The number of carbonyl (C=O) groups excluding carboxylic acids is 2. The maximum absolute atomic E-state index is 12.6. The minimum atomic E-state index is 0.187. The predicted molar refractivity (Wildman–Crippen MR) is 110 cm³/mol. The number of rotatable bonds is 4. The number of hydrogen-bond acceptors (Lipinski definition) is 3. The molecule has 0 aromatic rings. The molecule has 1 aliphatic carbocycles. The first-order chi connectivity index (χ1) is 13.5. The van der Waals surface area contributed by atoms with Crippen molar-refractivity contribution in [1.29, 1.82) is 0 Å². The van der Waals surface area contributed by atoms with Crippen LogP contribution >= 0.6 is 0 Å². The molecule has 6 nitrogen and oxygen atoms in total. The van der Waals surface area contributed by atoms with Gasteiger partial charge in [0.2, 0.25) is 5.91 Å². The molecule has 2 atom stereocenters. The molecule has 0 radical (unpaired) electrons. The van der Waals surface area contributed by atoms with Crippen LogP contribution in [0.1, 0.15) is 71.6 Å². The van der Waals surface area contributed by atoms with E-state index in [2.05, 4.69) is 33.9 Å². The van der Waals surface area contributed by atoms with Gasteiger partial charge in [0.1, 0.15) is 0 Å². The highest BCUT2D eigenvalue weighted by Gasteiger charge is 2.44. The number of likely N-dealkylation sites (tertiary alicyclic amines) is 2. The molecule has 4 fully saturated rings. The van der Waals surface area contributed by atoms with Gasteiger partial charge in [-0.25, -0.2) is 4.79 Å². The van der Waals surface area contributed by atoms with E-state index in [-0.39, 0.29) is 6.03 Å². The van der Waals surface area contributed by atoms with Gasteiger partial charge in [-0.3, -0.25) is 4.79 Å². The first-order valence-corrected chi connectivity index (χ1v) is 11.6. The Balaban J connectivity index is 1.25. The molecule has 3 heterocycles. The summed E-state index contributed by atoms with van der Waals surface area (Å²) < 4.78 is 0. The van der Waals surface area contributed by atoms with Gasteiger partial charge in [-0.1, -0.05) is 26.7 Å². The highest BCUT2D eigenvalue weighted by Crippen LogP contribution is 2.33. The molecule has 1 N–H and O–H groups in total. The summed E-state index contributed by atoms with van der Waals surface area (Å²) in [5, 5.41) is 3.24. The zero-order valence-corrected chi connectivity index (χ0v) is 17.7. The third-order valence-corrected chi connectivity index (χ3v) is 7.44. The number of nitrogens with zero attached hydrogens (tertiary/aromatic N) is 3. The van der Waals surface area contributed by atoms with Crippen molar-refractivity contribution >= 4 is 11.9 Å². The van der Waals surface area contributed by atoms with Crippen LogP contribution in [-0.4, -0.2) is 77.0 Å². The van der Waals surface area contributed by atoms with Gasteiger partial charge < -0.3 is 20.0 Å². The Labute approximate surface area is 170 Å². The van der Waals surface area contributed by atoms with E-state index in [4.69, 9.17) is 0 Å². The lowest BCUT2D eigenvalue weighted by Crippen LogP contribution is -2.53. The average molecular weight is 391 g/mol. The van der Waals surface area contributed by atoms with Gasteiger partial charge in [0.25, 0.3) is 0 Å². The third kappa shape index (κ3) is 4.17. The Morgan fingerprint density at radius 2 is 1.61 bits per heavy atom. The van der Waals surface area contributed by atoms with Gasteiger partial charge in [-0.15, -0.1) is 0 Å². The van der Waals surface area contributed by atoms with Crippen molar-refractivity contribution in [3.63, 3.8) is 0 Å². The fourth-order valence-corrected chi connectivity index (χ4v) is 5.92. The van der Waals surface area contributed by atoms with Crippen molar-refractivity contribution in [2.75, 3.05) is 26.2 Å². The number of carbonyl (C=O) groups is 2. The normalized spacial score (nSPS) is 30.6. The Kier molecular flexibility index (Phi) is 6.14. The Morgan fingerprint density at radius 1 is 0.964 bits per heavy atom. The number of nitrogens with one attached hydrogen (secondary N) is 1. The van der Waals surface area contributed by atoms with Crippen molar-refractivity contribution in [2.24, 2.45) is 5.92 Å². The Hall–Kier alpha value is -1.30. The van der Waals surface area contributed by atoms with Crippen LogP contribution < -0.4 is 5.32 Å². The molecule has 1 saturated carbocycles. The summed E-state index contributed by atoms with van der Waals surface area (Å²) >= 11 is 0. The molecule has 6 heteroatoms. The van der Waals surface area contributed by atoms with Gasteiger partial charge in [0.15, 0.2) is 0 Å². The number of fused-ring (bicyclic) bond motifs is 1. The summed E-state index contributed by atoms with van der Waals surface area (Å²) in [6.07, 6.45) is 9.92. The van der Waals surface area contributed by atoms with Crippen molar-refractivity contribution in [2.45, 2.75) is 95.8 Å². The second-order valence-corrected chi connectivity index (χ2v) is 9.79. The van der Waals surface area contributed by atoms with Crippen LogP contribution in [0.5, 0.6) is 0 Å². The molecule has 3 saturated heterocycles. The van der Waals surface area contributed by atoms with Gasteiger partial charge in [0.05, 0.1) is 12.1 Å². The number of hydrogen-bond donors (Lipinski definition) is 1. The monoisotopic (exact) mass is 390 g/mol. The van der Waals surface area contributed by atoms with Crippen molar-refractivity contribution < 1.29 is 9.59 Å². The number of amides is 3. The SMILES string of the molecule is CC(C)CC(=O)N1CCC(N2CCC(N3C(=O)N[C@H]4CCCC[C@@H]43)CC2)CC1. The molecule has 0 aromatic carbocycles. The largest absolute Gasteiger partial charge is 0.343 e. The molecule has 0 spiro atoms. The maximum atomic E-state index is 12.6. The first-order valence-electron chi connectivity index (χ1n) is 11.6. The maximum Gasteiger partial charge on any atom is 0.318 e. The lowest BCUT2D eigenvalue weighted by molar-refractivity contribution is -0.133. The van der Waals surface area contributed by atoms with Crippen LogP contribution in [-0.2, 0) is 4.79 Å². The van der Waals surface area contributed by atoms with E-state index in [1.165, 1.54) is 19.3 Å². The van der Waals surface area contributed by atoms with Crippen molar-refractivity contribution in [1.82, 2.24) is 20.0 Å². The van der Waals surface area contributed by atoms with Crippen LogP contribution in [0.3, 0.4) is 0 Å². The molecule has 4 aliphatic rings. The molecule has 0 unspecified atom stereocenters. The molecule has 3 amide bonds. The highest BCUT2D eigenvalue weighted by atomic mass is 16.2. The van der Waals surface area contributed by atoms with E-state index in [0.717, 1.165) is 58.3 Å². The standard InChI is InChI=1S/C22H38N4O2/c1-16(2)15-21(27)25-13-7-17(8-14-25)24-11-9-18(10-12-24)26-20-6-4-3-5-19(20)23-22(26)28/h16-20H,3-15H2,1-2H3,(H,23,28)/t19-,20-/m0/s1. The lowest BCUT2D eigenvalue weighted by Gasteiger charge is -2.44. The third-order valence-electron chi connectivity index (χ3n) is 7.44. The Morgan fingerprint density at radius 3 is 2.29 bits per heavy atom. The van der Waals surface area contributed by atoms with Gasteiger partial charge in [-0.05, 0) is 44.4 Å². The fourth-order valence-electron chi connectivity index (χ4n) is 5.92. The Bertz CT molecular complexity index is 565.